The normalized spacial score (nSPS) is 12.0. The van der Waals surface area contributed by atoms with E-state index in [9.17, 15) is 9.59 Å². The Kier molecular flexibility index (Phi) is 6.77. The van der Waals surface area contributed by atoms with E-state index >= 15 is 0 Å². The minimum atomic E-state index is -0.721. The Morgan fingerprint density at radius 2 is 1.97 bits per heavy atom. The molecule has 1 N–H and O–H groups in total. The molecule has 0 fully saturated rings. The smallest absolute Gasteiger partial charge is 0.263 e. The first-order chi connectivity index (χ1) is 13.9. The van der Waals surface area contributed by atoms with Crippen LogP contribution in [0.25, 0.3) is 10.9 Å². The second-order valence-electron chi connectivity index (χ2n) is 6.65. The number of carbonyl (C=O) groups excluding carboxylic acids is 1. The predicted molar refractivity (Wildman–Crippen MR) is 115 cm³/mol. The molecule has 1 aromatic heterocycles. The van der Waals surface area contributed by atoms with Gasteiger partial charge in [-0.3, -0.25) is 9.59 Å². The van der Waals surface area contributed by atoms with Gasteiger partial charge < -0.3 is 14.6 Å². The molecular weight excluding hydrogens is 413 g/mol. The summed E-state index contributed by atoms with van der Waals surface area (Å²) in [5, 5.41) is 1.47. The number of fused-ring (bicyclic) bond motifs is 1. The highest BCUT2D eigenvalue weighted by Crippen LogP contribution is 2.19. The Morgan fingerprint density at radius 3 is 2.69 bits per heavy atom. The van der Waals surface area contributed by atoms with Gasteiger partial charge in [-0.2, -0.15) is 0 Å². The van der Waals surface area contributed by atoms with Crippen molar-refractivity contribution in [2.75, 3.05) is 6.54 Å². The topological polar surface area (TPSA) is 75.3 Å². The number of H-pyrrole nitrogens is 1. The predicted octanol–water partition coefficient (Wildman–Crippen LogP) is 4.44. The molecule has 0 radical (unpaired) electrons. The molecule has 3 aromatic rings. The van der Waals surface area contributed by atoms with Crippen LogP contribution in [-0.4, -0.2) is 33.4 Å². The zero-order valence-corrected chi connectivity index (χ0v) is 17.6. The molecular formula is C21H21Cl2N3O3. The third-order valence-electron chi connectivity index (χ3n) is 4.32. The summed E-state index contributed by atoms with van der Waals surface area (Å²) in [5.41, 5.74) is 0.220. The molecule has 6 nitrogen and oxygen atoms in total. The van der Waals surface area contributed by atoms with E-state index in [1.165, 1.54) is 0 Å². The molecule has 1 heterocycles. The number of aromatic nitrogens is 2. The molecule has 0 saturated heterocycles. The second-order valence-corrected chi connectivity index (χ2v) is 7.52. The highest BCUT2D eigenvalue weighted by atomic mass is 35.5. The molecule has 1 unspecified atom stereocenters. The summed E-state index contributed by atoms with van der Waals surface area (Å²) in [7, 11) is 0. The van der Waals surface area contributed by atoms with Gasteiger partial charge in [0.25, 0.3) is 11.5 Å². The fourth-order valence-electron chi connectivity index (χ4n) is 3.01. The lowest BCUT2D eigenvalue weighted by Crippen LogP contribution is -2.41. The standard InChI is InChI=1S/C21H21Cl2N3O3/c1-3-9-26(21(28)13(2)29-16-6-4-5-14(22)10-16)12-19-24-18-11-15(23)7-8-17(18)20(27)25-19/h4-8,10-11,13H,3,9,12H2,1-2H3,(H,24,25,27). The maximum atomic E-state index is 13.0. The lowest BCUT2D eigenvalue weighted by atomic mass is 10.2. The summed E-state index contributed by atoms with van der Waals surface area (Å²) in [6, 6.07) is 11.8. The van der Waals surface area contributed by atoms with Crippen LogP contribution < -0.4 is 10.3 Å². The maximum absolute atomic E-state index is 13.0. The monoisotopic (exact) mass is 433 g/mol. The Bertz CT molecular complexity index is 1080. The van der Waals surface area contributed by atoms with Gasteiger partial charge in [-0.05, 0) is 49.7 Å². The fraction of sp³-hybridized carbons (Fsp3) is 0.286. The number of aromatic amines is 1. The van der Waals surface area contributed by atoms with E-state index in [4.69, 9.17) is 27.9 Å². The molecule has 3 rings (SSSR count). The van der Waals surface area contributed by atoms with E-state index < -0.39 is 6.10 Å². The zero-order chi connectivity index (χ0) is 21.0. The highest BCUT2D eigenvalue weighted by molar-refractivity contribution is 6.31. The second kappa shape index (κ2) is 9.29. The first-order valence-corrected chi connectivity index (χ1v) is 10.0. The van der Waals surface area contributed by atoms with Crippen LogP contribution >= 0.6 is 23.2 Å². The van der Waals surface area contributed by atoms with Crippen molar-refractivity contribution >= 4 is 40.0 Å². The van der Waals surface area contributed by atoms with Crippen LogP contribution in [0.3, 0.4) is 0 Å². The van der Waals surface area contributed by atoms with E-state index in [1.54, 1.807) is 54.3 Å². The van der Waals surface area contributed by atoms with Gasteiger partial charge in [0.2, 0.25) is 0 Å². The highest BCUT2D eigenvalue weighted by Gasteiger charge is 2.23. The molecule has 29 heavy (non-hydrogen) atoms. The average molecular weight is 434 g/mol. The number of halogens is 2. The van der Waals surface area contributed by atoms with Crippen molar-refractivity contribution in [1.29, 1.82) is 0 Å². The summed E-state index contributed by atoms with van der Waals surface area (Å²) in [5.74, 6) is 0.698. The summed E-state index contributed by atoms with van der Waals surface area (Å²) in [6.45, 7) is 4.31. The molecule has 152 valence electrons. The number of ether oxygens (including phenoxy) is 1. The van der Waals surface area contributed by atoms with Crippen LogP contribution in [-0.2, 0) is 11.3 Å². The Morgan fingerprint density at radius 1 is 1.21 bits per heavy atom. The molecule has 0 aliphatic rings. The number of benzene rings is 2. The summed E-state index contributed by atoms with van der Waals surface area (Å²) in [4.78, 5) is 34.1. The van der Waals surface area contributed by atoms with E-state index in [1.807, 2.05) is 6.92 Å². The molecule has 0 saturated carbocycles. The lowest BCUT2D eigenvalue weighted by Gasteiger charge is -2.25. The third kappa shape index (κ3) is 5.28. The van der Waals surface area contributed by atoms with Gasteiger partial charge in [0.15, 0.2) is 6.10 Å². The number of nitrogens with zero attached hydrogens (tertiary/aromatic N) is 2. The molecule has 2 aromatic carbocycles. The van der Waals surface area contributed by atoms with Crippen LogP contribution in [0.5, 0.6) is 5.75 Å². The van der Waals surface area contributed by atoms with Crippen molar-refractivity contribution in [3.05, 3.63) is 68.7 Å². The summed E-state index contributed by atoms with van der Waals surface area (Å²) in [6.07, 6.45) is 0.0286. The molecule has 8 heteroatoms. The number of nitrogens with one attached hydrogen (secondary N) is 1. The molecule has 0 aliphatic heterocycles. The number of hydrogen-bond acceptors (Lipinski definition) is 4. The quantitative estimate of drug-likeness (QED) is 0.597. The van der Waals surface area contributed by atoms with Gasteiger partial charge in [0.05, 0.1) is 17.4 Å². The van der Waals surface area contributed by atoms with Crippen molar-refractivity contribution in [3.8, 4) is 5.75 Å². The van der Waals surface area contributed by atoms with Gasteiger partial charge in [-0.25, -0.2) is 4.98 Å². The summed E-state index contributed by atoms with van der Waals surface area (Å²) < 4.78 is 5.75. The largest absolute Gasteiger partial charge is 0.481 e. The molecule has 0 bridgehead atoms. The fourth-order valence-corrected chi connectivity index (χ4v) is 3.35. The van der Waals surface area contributed by atoms with Crippen LogP contribution in [0, 0.1) is 0 Å². The number of rotatable bonds is 7. The number of carbonyl (C=O) groups is 1. The average Bonchev–Trinajstić information content (AvgIpc) is 2.66. The van der Waals surface area contributed by atoms with Crippen LogP contribution in [0.2, 0.25) is 10.0 Å². The Balaban J connectivity index is 1.81. The molecule has 1 amide bonds. The van der Waals surface area contributed by atoms with Crippen LogP contribution in [0.1, 0.15) is 26.1 Å². The van der Waals surface area contributed by atoms with Gasteiger partial charge in [0, 0.05) is 16.6 Å². The Hall–Kier alpha value is -2.57. The minimum absolute atomic E-state index is 0.160. The first kappa shape index (κ1) is 21.1. The van der Waals surface area contributed by atoms with E-state index in [-0.39, 0.29) is 18.0 Å². The van der Waals surface area contributed by atoms with Crippen LogP contribution in [0.15, 0.2) is 47.3 Å². The van der Waals surface area contributed by atoms with Crippen molar-refractivity contribution in [2.45, 2.75) is 32.9 Å². The van der Waals surface area contributed by atoms with Gasteiger partial charge in [-0.1, -0.05) is 36.2 Å². The van der Waals surface area contributed by atoms with Crippen molar-refractivity contribution < 1.29 is 9.53 Å². The van der Waals surface area contributed by atoms with Crippen molar-refractivity contribution in [2.24, 2.45) is 0 Å². The first-order valence-electron chi connectivity index (χ1n) is 9.27. The third-order valence-corrected chi connectivity index (χ3v) is 4.79. The van der Waals surface area contributed by atoms with Gasteiger partial charge in [-0.15, -0.1) is 0 Å². The number of amides is 1. The molecule has 0 spiro atoms. The molecule has 0 aliphatic carbocycles. The van der Waals surface area contributed by atoms with E-state index in [0.717, 1.165) is 6.42 Å². The van der Waals surface area contributed by atoms with Gasteiger partial charge >= 0.3 is 0 Å². The zero-order valence-electron chi connectivity index (χ0n) is 16.1. The van der Waals surface area contributed by atoms with Crippen LogP contribution in [0.4, 0.5) is 0 Å². The van der Waals surface area contributed by atoms with E-state index in [2.05, 4.69) is 9.97 Å². The SMILES string of the molecule is CCCN(Cc1nc2cc(Cl)ccc2c(=O)[nH]1)C(=O)C(C)Oc1cccc(Cl)c1. The Labute approximate surface area is 178 Å². The van der Waals surface area contributed by atoms with Crippen molar-refractivity contribution in [3.63, 3.8) is 0 Å². The van der Waals surface area contributed by atoms with Gasteiger partial charge in [0.1, 0.15) is 11.6 Å². The minimum Gasteiger partial charge on any atom is -0.481 e. The van der Waals surface area contributed by atoms with E-state index in [0.29, 0.717) is 39.1 Å². The lowest BCUT2D eigenvalue weighted by molar-refractivity contribution is -0.138. The summed E-state index contributed by atoms with van der Waals surface area (Å²) >= 11 is 12.0. The maximum Gasteiger partial charge on any atom is 0.263 e. The van der Waals surface area contributed by atoms with Crippen molar-refractivity contribution in [1.82, 2.24) is 14.9 Å². The molecule has 1 atom stereocenters. The number of hydrogen-bond donors (Lipinski definition) is 1.